The van der Waals surface area contributed by atoms with Gasteiger partial charge in [0.15, 0.2) is 0 Å². The number of oxazole rings is 1. The molecular formula is C22H24N2O4S. The van der Waals surface area contributed by atoms with Crippen LogP contribution in [0.25, 0.3) is 11.5 Å². The van der Waals surface area contributed by atoms with Crippen molar-refractivity contribution in [2.75, 3.05) is 12.4 Å². The number of ether oxygens (including phenoxy) is 1. The minimum absolute atomic E-state index is 0.0694. The molecule has 6 nitrogen and oxygen atoms in total. The molecule has 3 aromatic rings. The molecule has 1 fully saturated rings. The van der Waals surface area contributed by atoms with Crippen LogP contribution in [0.4, 0.5) is 5.88 Å². The molecule has 1 aliphatic carbocycles. The molecule has 1 N–H and O–H groups in total. The van der Waals surface area contributed by atoms with E-state index in [4.69, 9.17) is 9.15 Å². The highest BCUT2D eigenvalue weighted by molar-refractivity contribution is 7.91. The van der Waals surface area contributed by atoms with E-state index in [-0.39, 0.29) is 27.7 Å². The second-order valence-corrected chi connectivity index (χ2v) is 9.04. The van der Waals surface area contributed by atoms with Gasteiger partial charge in [-0.3, -0.25) is 0 Å². The number of benzene rings is 2. The first kappa shape index (κ1) is 19.5. The van der Waals surface area contributed by atoms with Gasteiger partial charge < -0.3 is 14.5 Å². The number of anilines is 1. The summed E-state index contributed by atoms with van der Waals surface area (Å²) in [4.78, 5) is 4.59. The summed E-state index contributed by atoms with van der Waals surface area (Å²) in [6.07, 6.45) is 5.43. The Bertz CT molecular complexity index is 1050. The van der Waals surface area contributed by atoms with Gasteiger partial charge in [0, 0.05) is 11.6 Å². The predicted molar refractivity (Wildman–Crippen MR) is 111 cm³/mol. The van der Waals surface area contributed by atoms with E-state index in [0.29, 0.717) is 11.3 Å². The Hall–Kier alpha value is -2.80. The van der Waals surface area contributed by atoms with E-state index in [1.807, 2.05) is 0 Å². The monoisotopic (exact) mass is 412 g/mol. The maximum absolute atomic E-state index is 13.3. The van der Waals surface area contributed by atoms with Crippen LogP contribution < -0.4 is 10.1 Å². The molecule has 0 bridgehead atoms. The van der Waals surface area contributed by atoms with Crippen molar-refractivity contribution in [2.45, 2.75) is 48.1 Å². The molecule has 2 aromatic carbocycles. The maximum atomic E-state index is 13.3. The summed E-state index contributed by atoms with van der Waals surface area (Å²) in [5.41, 5.74) is 0.687. The Morgan fingerprint density at radius 3 is 2.34 bits per heavy atom. The summed E-state index contributed by atoms with van der Waals surface area (Å²) >= 11 is 0. The number of aromatic nitrogens is 1. The first-order valence-corrected chi connectivity index (χ1v) is 11.3. The van der Waals surface area contributed by atoms with Gasteiger partial charge in [-0.05, 0) is 49.2 Å². The standard InChI is InChI=1S/C22H24N2O4S/c1-27-18-14-12-16(13-15-18)20-24-22(29(25,26)19-10-6-3-7-11-19)21(28-20)23-17-8-4-2-5-9-17/h3,6-7,10-15,17,23H,2,4-5,8-9H2,1H3. The Kier molecular flexibility index (Phi) is 5.58. The second kappa shape index (κ2) is 8.29. The van der Waals surface area contributed by atoms with Crippen molar-refractivity contribution in [1.82, 2.24) is 4.98 Å². The van der Waals surface area contributed by atoms with Crippen LogP contribution in [0.1, 0.15) is 32.1 Å². The van der Waals surface area contributed by atoms with Gasteiger partial charge in [0.05, 0.1) is 12.0 Å². The Balaban J connectivity index is 1.75. The molecule has 0 spiro atoms. The number of nitrogens with zero attached hydrogens (tertiary/aromatic N) is 1. The minimum atomic E-state index is -3.81. The van der Waals surface area contributed by atoms with Crippen LogP contribution in [-0.4, -0.2) is 26.6 Å². The van der Waals surface area contributed by atoms with E-state index in [2.05, 4.69) is 10.3 Å². The van der Waals surface area contributed by atoms with Crippen LogP contribution >= 0.6 is 0 Å². The lowest BCUT2D eigenvalue weighted by atomic mass is 9.96. The van der Waals surface area contributed by atoms with Crippen molar-refractivity contribution in [2.24, 2.45) is 0 Å². The third kappa shape index (κ3) is 4.15. The van der Waals surface area contributed by atoms with Crippen LogP contribution in [0.2, 0.25) is 0 Å². The lowest BCUT2D eigenvalue weighted by Gasteiger charge is -2.22. The quantitative estimate of drug-likeness (QED) is 0.618. The number of nitrogens with one attached hydrogen (secondary N) is 1. The summed E-state index contributed by atoms with van der Waals surface area (Å²) in [7, 11) is -2.22. The average molecular weight is 413 g/mol. The van der Waals surface area contributed by atoms with Gasteiger partial charge in [0.25, 0.3) is 0 Å². The number of hydrogen-bond donors (Lipinski definition) is 1. The van der Waals surface area contributed by atoms with Gasteiger partial charge in [0.1, 0.15) is 5.75 Å². The molecular weight excluding hydrogens is 388 g/mol. The fraction of sp³-hybridized carbons (Fsp3) is 0.318. The van der Waals surface area contributed by atoms with Crippen LogP contribution in [0.5, 0.6) is 5.75 Å². The predicted octanol–water partition coefficient (Wildman–Crippen LogP) is 4.93. The van der Waals surface area contributed by atoms with E-state index in [0.717, 1.165) is 25.7 Å². The Morgan fingerprint density at radius 2 is 1.69 bits per heavy atom. The van der Waals surface area contributed by atoms with Gasteiger partial charge in [0.2, 0.25) is 26.6 Å². The SMILES string of the molecule is COc1ccc(-c2nc(S(=O)(=O)c3ccccc3)c(NC3CCCCC3)o2)cc1. The summed E-state index contributed by atoms with van der Waals surface area (Å²) in [5.74, 6) is 1.19. The van der Waals surface area contributed by atoms with Gasteiger partial charge >= 0.3 is 0 Å². The third-order valence-electron chi connectivity index (χ3n) is 5.18. The largest absolute Gasteiger partial charge is 0.497 e. The summed E-state index contributed by atoms with van der Waals surface area (Å²) in [6.45, 7) is 0. The topological polar surface area (TPSA) is 81.4 Å². The average Bonchev–Trinajstić information content (AvgIpc) is 3.20. The Labute approximate surface area is 170 Å². The fourth-order valence-corrected chi connectivity index (χ4v) is 4.87. The molecule has 29 heavy (non-hydrogen) atoms. The van der Waals surface area contributed by atoms with Crippen molar-refractivity contribution in [1.29, 1.82) is 0 Å². The molecule has 0 unspecified atom stereocenters. The van der Waals surface area contributed by atoms with Crippen molar-refractivity contribution >= 4 is 15.7 Å². The van der Waals surface area contributed by atoms with E-state index in [9.17, 15) is 8.42 Å². The van der Waals surface area contributed by atoms with Crippen LogP contribution in [-0.2, 0) is 9.84 Å². The molecule has 0 radical (unpaired) electrons. The molecule has 1 heterocycles. The van der Waals surface area contributed by atoms with Crippen LogP contribution in [0.3, 0.4) is 0 Å². The molecule has 0 aliphatic heterocycles. The zero-order chi connectivity index (χ0) is 20.3. The number of methoxy groups -OCH3 is 1. The lowest BCUT2D eigenvalue weighted by molar-refractivity contribution is 0.415. The summed E-state index contributed by atoms with van der Waals surface area (Å²) in [5, 5.41) is 3.24. The van der Waals surface area contributed by atoms with E-state index >= 15 is 0 Å². The molecule has 1 aliphatic rings. The fourth-order valence-electron chi connectivity index (χ4n) is 3.58. The molecule has 0 amide bonds. The van der Waals surface area contributed by atoms with E-state index in [1.165, 1.54) is 6.42 Å². The third-order valence-corrected chi connectivity index (χ3v) is 6.86. The normalized spacial score (nSPS) is 15.2. The number of hydrogen-bond acceptors (Lipinski definition) is 6. The van der Waals surface area contributed by atoms with Crippen molar-refractivity contribution in [3.8, 4) is 17.2 Å². The highest BCUT2D eigenvalue weighted by atomic mass is 32.2. The molecule has 1 aromatic heterocycles. The van der Waals surface area contributed by atoms with Crippen molar-refractivity contribution < 1.29 is 17.6 Å². The minimum Gasteiger partial charge on any atom is -0.497 e. The van der Waals surface area contributed by atoms with Crippen LogP contribution in [0, 0.1) is 0 Å². The smallest absolute Gasteiger partial charge is 0.234 e. The van der Waals surface area contributed by atoms with Gasteiger partial charge in [-0.15, -0.1) is 0 Å². The first-order valence-electron chi connectivity index (χ1n) is 9.80. The maximum Gasteiger partial charge on any atom is 0.234 e. The van der Waals surface area contributed by atoms with Crippen molar-refractivity contribution in [3.63, 3.8) is 0 Å². The summed E-state index contributed by atoms with van der Waals surface area (Å²) < 4.78 is 37.6. The highest BCUT2D eigenvalue weighted by Gasteiger charge is 2.30. The lowest BCUT2D eigenvalue weighted by Crippen LogP contribution is -2.23. The summed E-state index contributed by atoms with van der Waals surface area (Å²) in [6, 6.07) is 15.7. The van der Waals surface area contributed by atoms with Gasteiger partial charge in [-0.25, -0.2) is 8.42 Å². The zero-order valence-corrected chi connectivity index (χ0v) is 17.1. The van der Waals surface area contributed by atoms with Gasteiger partial charge in [-0.2, -0.15) is 4.98 Å². The van der Waals surface area contributed by atoms with Crippen molar-refractivity contribution in [3.05, 3.63) is 54.6 Å². The molecule has 7 heteroatoms. The number of rotatable bonds is 6. The van der Waals surface area contributed by atoms with E-state index < -0.39 is 9.84 Å². The molecule has 4 rings (SSSR count). The first-order chi connectivity index (χ1) is 14.1. The molecule has 0 saturated heterocycles. The highest BCUT2D eigenvalue weighted by Crippen LogP contribution is 2.34. The molecule has 152 valence electrons. The zero-order valence-electron chi connectivity index (χ0n) is 16.3. The number of sulfone groups is 1. The van der Waals surface area contributed by atoms with E-state index in [1.54, 1.807) is 61.7 Å². The molecule has 0 atom stereocenters. The van der Waals surface area contributed by atoms with Gasteiger partial charge in [-0.1, -0.05) is 37.5 Å². The molecule has 1 saturated carbocycles. The Morgan fingerprint density at radius 1 is 1.00 bits per heavy atom. The second-order valence-electron chi connectivity index (χ2n) is 7.18. The van der Waals surface area contributed by atoms with Crippen LogP contribution in [0.15, 0.2) is 68.9 Å².